The van der Waals surface area contributed by atoms with E-state index in [0.717, 1.165) is 0 Å². The molecule has 144 valence electrons. The number of amides is 2. The molecule has 1 fully saturated rings. The molecule has 1 saturated heterocycles. The quantitative estimate of drug-likeness (QED) is 0.856. The Kier molecular flexibility index (Phi) is 6.07. The van der Waals surface area contributed by atoms with Crippen LogP contribution < -0.4 is 16.0 Å². The molecule has 0 spiro atoms. The smallest absolute Gasteiger partial charge is 0.410 e. The van der Waals surface area contributed by atoms with Gasteiger partial charge < -0.3 is 25.6 Å². The van der Waals surface area contributed by atoms with Gasteiger partial charge in [-0.1, -0.05) is 0 Å². The summed E-state index contributed by atoms with van der Waals surface area (Å²) >= 11 is 0. The Morgan fingerprint density at radius 2 is 1.85 bits per heavy atom. The van der Waals surface area contributed by atoms with Gasteiger partial charge in [0.15, 0.2) is 0 Å². The Labute approximate surface area is 153 Å². The second-order valence-corrected chi connectivity index (χ2v) is 7.40. The van der Waals surface area contributed by atoms with Gasteiger partial charge >= 0.3 is 6.09 Å². The number of hydrogen-bond donors (Lipinski definition) is 2. The van der Waals surface area contributed by atoms with Crippen LogP contribution in [-0.2, 0) is 9.53 Å². The van der Waals surface area contributed by atoms with Crippen LogP contribution in [0.15, 0.2) is 18.2 Å². The maximum Gasteiger partial charge on any atom is 0.410 e. The molecule has 3 N–H and O–H groups in total. The van der Waals surface area contributed by atoms with E-state index in [4.69, 9.17) is 10.5 Å². The minimum atomic E-state index is -0.668. The summed E-state index contributed by atoms with van der Waals surface area (Å²) < 4.78 is 19.8. The van der Waals surface area contributed by atoms with Crippen molar-refractivity contribution in [1.82, 2.24) is 4.90 Å². The second-order valence-electron chi connectivity index (χ2n) is 7.40. The lowest BCUT2D eigenvalue weighted by atomic mass is 10.2. The first-order valence-electron chi connectivity index (χ1n) is 8.65. The predicted molar refractivity (Wildman–Crippen MR) is 98.7 cm³/mol. The second kappa shape index (κ2) is 7.90. The van der Waals surface area contributed by atoms with E-state index in [0.29, 0.717) is 37.6 Å². The zero-order chi connectivity index (χ0) is 19.5. The van der Waals surface area contributed by atoms with E-state index in [1.807, 2.05) is 25.7 Å². The first-order valence-corrected chi connectivity index (χ1v) is 8.65. The third-order valence-corrected chi connectivity index (χ3v) is 3.90. The van der Waals surface area contributed by atoms with E-state index >= 15 is 0 Å². The van der Waals surface area contributed by atoms with E-state index in [1.54, 1.807) is 24.0 Å². The Hall–Kier alpha value is -2.35. The molecule has 0 saturated carbocycles. The van der Waals surface area contributed by atoms with Gasteiger partial charge in [-0.2, -0.15) is 0 Å². The third-order valence-electron chi connectivity index (χ3n) is 3.90. The van der Waals surface area contributed by atoms with Crippen molar-refractivity contribution in [2.24, 2.45) is 5.73 Å². The van der Waals surface area contributed by atoms with Crippen LogP contribution in [0, 0.1) is 5.82 Å². The van der Waals surface area contributed by atoms with Crippen molar-refractivity contribution in [2.75, 3.05) is 36.4 Å². The highest BCUT2D eigenvalue weighted by Crippen LogP contribution is 2.24. The summed E-state index contributed by atoms with van der Waals surface area (Å²) in [5.41, 5.74) is 5.75. The molecule has 1 aliphatic heterocycles. The molecule has 2 rings (SSSR count). The molecule has 0 aromatic heterocycles. The monoisotopic (exact) mass is 366 g/mol. The van der Waals surface area contributed by atoms with Gasteiger partial charge in [-0.3, -0.25) is 4.79 Å². The van der Waals surface area contributed by atoms with E-state index in [-0.39, 0.29) is 12.0 Å². The third kappa shape index (κ3) is 5.32. The molecule has 1 atom stereocenters. The number of carbonyl (C=O) groups excluding carboxylic acids is 2. The highest BCUT2D eigenvalue weighted by Gasteiger charge is 2.26. The number of nitrogens with two attached hydrogens (primary N) is 1. The van der Waals surface area contributed by atoms with Crippen molar-refractivity contribution in [2.45, 2.75) is 39.3 Å². The number of ether oxygens (including phenoxy) is 1. The summed E-state index contributed by atoms with van der Waals surface area (Å²) in [5, 5.41) is 2.56. The van der Waals surface area contributed by atoms with Crippen molar-refractivity contribution in [3.05, 3.63) is 24.0 Å². The van der Waals surface area contributed by atoms with Crippen molar-refractivity contribution >= 4 is 23.4 Å². The highest BCUT2D eigenvalue weighted by molar-refractivity contribution is 5.94. The molecule has 26 heavy (non-hydrogen) atoms. The fourth-order valence-electron chi connectivity index (χ4n) is 2.55. The Morgan fingerprint density at radius 1 is 1.23 bits per heavy atom. The Balaban J connectivity index is 1.97. The number of halogens is 1. The summed E-state index contributed by atoms with van der Waals surface area (Å²) in [5.74, 6) is -0.804. The molecule has 0 bridgehead atoms. The molecular weight excluding hydrogens is 339 g/mol. The molecule has 8 heteroatoms. The van der Waals surface area contributed by atoms with Crippen molar-refractivity contribution < 1.29 is 18.7 Å². The first kappa shape index (κ1) is 20.0. The average Bonchev–Trinajstić information content (AvgIpc) is 2.53. The molecule has 2 amide bonds. The van der Waals surface area contributed by atoms with Gasteiger partial charge in [0.1, 0.15) is 11.4 Å². The van der Waals surface area contributed by atoms with Gasteiger partial charge in [0, 0.05) is 31.9 Å². The normalized spacial score (nSPS) is 16.2. The van der Waals surface area contributed by atoms with Crippen molar-refractivity contribution in [3.8, 4) is 0 Å². The van der Waals surface area contributed by atoms with Crippen LogP contribution >= 0.6 is 0 Å². The SMILES string of the molecule is CC(N)C(=O)Nc1ccc(N2CCN(C(=O)OC(C)(C)C)CC2)c(F)c1. The highest BCUT2D eigenvalue weighted by atomic mass is 19.1. The van der Waals surface area contributed by atoms with Crippen LogP contribution in [0.25, 0.3) is 0 Å². The zero-order valence-corrected chi connectivity index (χ0v) is 15.7. The number of piperazine rings is 1. The van der Waals surface area contributed by atoms with E-state index in [9.17, 15) is 14.0 Å². The summed E-state index contributed by atoms with van der Waals surface area (Å²) in [7, 11) is 0. The van der Waals surface area contributed by atoms with Gasteiger partial charge in [-0.25, -0.2) is 9.18 Å². The number of rotatable bonds is 3. The summed E-state index contributed by atoms with van der Waals surface area (Å²) in [6.07, 6.45) is -0.355. The minimum Gasteiger partial charge on any atom is -0.444 e. The largest absolute Gasteiger partial charge is 0.444 e. The average molecular weight is 366 g/mol. The fraction of sp³-hybridized carbons (Fsp3) is 0.556. The summed E-state index contributed by atoms with van der Waals surface area (Å²) in [6, 6.07) is 3.86. The lowest BCUT2D eigenvalue weighted by molar-refractivity contribution is -0.117. The molecule has 1 unspecified atom stereocenters. The van der Waals surface area contributed by atoms with Crippen LogP contribution in [0.1, 0.15) is 27.7 Å². The molecule has 1 aromatic rings. The molecule has 1 aliphatic rings. The van der Waals surface area contributed by atoms with E-state index in [2.05, 4.69) is 5.32 Å². The molecule has 7 nitrogen and oxygen atoms in total. The molecule has 1 aromatic carbocycles. The van der Waals surface area contributed by atoms with Crippen LogP contribution in [0.2, 0.25) is 0 Å². The van der Waals surface area contributed by atoms with Gasteiger partial charge in [-0.15, -0.1) is 0 Å². The molecular formula is C18H27FN4O3. The summed E-state index contributed by atoms with van der Waals surface area (Å²) in [4.78, 5) is 27.2. The summed E-state index contributed by atoms with van der Waals surface area (Å²) in [6.45, 7) is 8.94. The van der Waals surface area contributed by atoms with Gasteiger partial charge in [0.2, 0.25) is 5.91 Å². The number of hydrogen-bond acceptors (Lipinski definition) is 5. The lowest BCUT2D eigenvalue weighted by Crippen LogP contribution is -2.50. The van der Waals surface area contributed by atoms with E-state index < -0.39 is 17.5 Å². The maximum atomic E-state index is 14.4. The van der Waals surface area contributed by atoms with Crippen LogP contribution in [0.3, 0.4) is 0 Å². The Morgan fingerprint density at radius 3 is 2.35 bits per heavy atom. The van der Waals surface area contributed by atoms with Gasteiger partial charge in [0.05, 0.1) is 11.7 Å². The predicted octanol–water partition coefficient (Wildman–Crippen LogP) is 2.17. The van der Waals surface area contributed by atoms with Crippen molar-refractivity contribution in [3.63, 3.8) is 0 Å². The number of benzene rings is 1. The number of anilines is 2. The van der Waals surface area contributed by atoms with Gasteiger partial charge in [0.25, 0.3) is 0 Å². The van der Waals surface area contributed by atoms with Crippen LogP contribution in [-0.4, -0.2) is 54.7 Å². The first-order chi connectivity index (χ1) is 12.1. The topological polar surface area (TPSA) is 87.9 Å². The minimum absolute atomic E-state index is 0.355. The fourth-order valence-corrected chi connectivity index (χ4v) is 2.55. The number of carbonyl (C=O) groups is 2. The maximum absolute atomic E-state index is 14.4. The Bertz CT molecular complexity index is 665. The van der Waals surface area contributed by atoms with E-state index in [1.165, 1.54) is 6.07 Å². The van der Waals surface area contributed by atoms with Crippen LogP contribution in [0.5, 0.6) is 0 Å². The molecule has 1 heterocycles. The number of nitrogens with zero attached hydrogens (tertiary/aromatic N) is 2. The standard InChI is InChI=1S/C18H27FN4O3/c1-12(20)16(24)21-13-5-6-15(14(19)11-13)22-7-9-23(10-8-22)17(25)26-18(2,3)4/h5-6,11-12H,7-10,20H2,1-4H3,(H,21,24). The van der Waals surface area contributed by atoms with Gasteiger partial charge in [-0.05, 0) is 45.9 Å². The zero-order valence-electron chi connectivity index (χ0n) is 15.7. The number of nitrogens with one attached hydrogen (secondary N) is 1. The van der Waals surface area contributed by atoms with Crippen molar-refractivity contribution in [1.29, 1.82) is 0 Å². The lowest BCUT2D eigenvalue weighted by Gasteiger charge is -2.36. The molecule has 0 aliphatic carbocycles. The van der Waals surface area contributed by atoms with Crippen LogP contribution in [0.4, 0.5) is 20.6 Å². The molecule has 0 radical (unpaired) electrons.